The zero-order chi connectivity index (χ0) is 13.7. The highest BCUT2D eigenvalue weighted by atomic mass is 32.2. The van der Waals surface area contributed by atoms with E-state index in [1.807, 2.05) is 18.2 Å². The lowest BCUT2D eigenvalue weighted by molar-refractivity contribution is 0.627. The normalized spacial score (nSPS) is 12.4. The molecule has 1 atom stereocenters. The van der Waals surface area contributed by atoms with Crippen molar-refractivity contribution >= 4 is 11.8 Å². The van der Waals surface area contributed by atoms with Crippen molar-refractivity contribution in [2.24, 2.45) is 5.73 Å². The summed E-state index contributed by atoms with van der Waals surface area (Å²) in [6, 6.07) is 15.0. The average Bonchev–Trinajstić information content (AvgIpc) is 2.43. The van der Waals surface area contributed by atoms with Crippen molar-refractivity contribution in [1.82, 2.24) is 0 Å². The van der Waals surface area contributed by atoms with Gasteiger partial charge in [-0.1, -0.05) is 36.4 Å². The van der Waals surface area contributed by atoms with Crippen molar-refractivity contribution in [1.29, 1.82) is 0 Å². The van der Waals surface area contributed by atoms with Crippen LogP contribution in [0.5, 0.6) is 0 Å². The van der Waals surface area contributed by atoms with E-state index >= 15 is 0 Å². The summed E-state index contributed by atoms with van der Waals surface area (Å²) in [7, 11) is 0. The first kappa shape index (κ1) is 14.1. The first-order valence-corrected chi connectivity index (χ1v) is 7.37. The van der Waals surface area contributed by atoms with Gasteiger partial charge in [0.25, 0.3) is 0 Å². The van der Waals surface area contributed by atoms with E-state index in [1.54, 1.807) is 11.8 Å². The second-order valence-corrected chi connectivity index (χ2v) is 5.70. The Bertz CT molecular complexity index is 525. The minimum atomic E-state index is -0.205. The van der Waals surface area contributed by atoms with Crippen LogP contribution in [0.15, 0.2) is 48.5 Å². The van der Waals surface area contributed by atoms with Gasteiger partial charge in [0, 0.05) is 17.5 Å². The summed E-state index contributed by atoms with van der Waals surface area (Å²) in [4.78, 5) is 0. The molecule has 0 saturated carbocycles. The van der Waals surface area contributed by atoms with E-state index in [4.69, 9.17) is 5.73 Å². The summed E-state index contributed by atoms with van der Waals surface area (Å²) in [5, 5.41) is 0.209. The second kappa shape index (κ2) is 6.73. The molecule has 3 heteroatoms. The highest BCUT2D eigenvalue weighted by Crippen LogP contribution is 2.31. The van der Waals surface area contributed by atoms with Crippen LogP contribution >= 0.6 is 11.8 Å². The van der Waals surface area contributed by atoms with Gasteiger partial charge in [0.2, 0.25) is 0 Å². The third-order valence-corrected chi connectivity index (χ3v) is 4.50. The molecule has 2 rings (SSSR count). The summed E-state index contributed by atoms with van der Waals surface area (Å²) >= 11 is 1.80. The monoisotopic (exact) mass is 275 g/mol. The van der Waals surface area contributed by atoms with E-state index in [1.165, 1.54) is 23.3 Å². The Kier molecular flexibility index (Phi) is 5.00. The summed E-state index contributed by atoms with van der Waals surface area (Å²) < 4.78 is 12.9. The van der Waals surface area contributed by atoms with Crippen molar-refractivity contribution < 1.29 is 4.39 Å². The highest BCUT2D eigenvalue weighted by Gasteiger charge is 2.11. The van der Waals surface area contributed by atoms with Crippen LogP contribution in [-0.2, 0) is 5.75 Å². The fourth-order valence-corrected chi connectivity index (χ4v) is 3.13. The standard InChI is InChI=1S/C16H18FNS/c1-12-4-2-3-5-14(12)11-19-16(10-18)13-6-8-15(17)9-7-13/h2-9,16H,10-11,18H2,1H3. The Morgan fingerprint density at radius 1 is 1.11 bits per heavy atom. The molecule has 0 aliphatic heterocycles. The first-order chi connectivity index (χ1) is 9.20. The molecule has 0 fully saturated rings. The number of thioether (sulfide) groups is 1. The molecule has 0 aromatic heterocycles. The van der Waals surface area contributed by atoms with E-state index in [2.05, 4.69) is 25.1 Å². The second-order valence-electron chi connectivity index (χ2n) is 4.51. The van der Waals surface area contributed by atoms with Gasteiger partial charge in [0.05, 0.1) is 0 Å². The van der Waals surface area contributed by atoms with Gasteiger partial charge in [-0.15, -0.1) is 11.8 Å². The zero-order valence-electron chi connectivity index (χ0n) is 11.0. The molecule has 0 radical (unpaired) electrons. The fourth-order valence-electron chi connectivity index (χ4n) is 1.94. The number of rotatable bonds is 5. The Labute approximate surface area is 118 Å². The highest BCUT2D eigenvalue weighted by molar-refractivity contribution is 7.98. The Balaban J connectivity index is 2.04. The SMILES string of the molecule is Cc1ccccc1CSC(CN)c1ccc(F)cc1. The predicted octanol–water partition coefficient (Wildman–Crippen LogP) is 4.07. The molecule has 0 aliphatic carbocycles. The molecular weight excluding hydrogens is 257 g/mol. The molecule has 0 spiro atoms. The van der Waals surface area contributed by atoms with Crippen molar-refractivity contribution in [3.05, 3.63) is 71.0 Å². The van der Waals surface area contributed by atoms with Crippen LogP contribution in [-0.4, -0.2) is 6.54 Å². The largest absolute Gasteiger partial charge is 0.329 e. The van der Waals surface area contributed by atoms with Crippen molar-refractivity contribution in [2.75, 3.05) is 6.54 Å². The van der Waals surface area contributed by atoms with E-state index in [0.717, 1.165) is 11.3 Å². The van der Waals surface area contributed by atoms with Gasteiger partial charge in [0.1, 0.15) is 5.82 Å². The van der Waals surface area contributed by atoms with Gasteiger partial charge in [0.15, 0.2) is 0 Å². The van der Waals surface area contributed by atoms with E-state index in [9.17, 15) is 4.39 Å². The number of hydrogen-bond donors (Lipinski definition) is 1. The molecule has 0 heterocycles. The van der Waals surface area contributed by atoms with Gasteiger partial charge < -0.3 is 5.73 Å². The van der Waals surface area contributed by atoms with Crippen LogP contribution in [0.2, 0.25) is 0 Å². The number of hydrogen-bond acceptors (Lipinski definition) is 2. The molecule has 2 aromatic rings. The molecule has 0 saturated heterocycles. The van der Waals surface area contributed by atoms with Crippen LogP contribution in [0.1, 0.15) is 21.9 Å². The third-order valence-electron chi connectivity index (χ3n) is 3.16. The maximum absolute atomic E-state index is 12.9. The number of aryl methyl sites for hydroxylation is 1. The van der Waals surface area contributed by atoms with Crippen LogP contribution < -0.4 is 5.73 Å². The lowest BCUT2D eigenvalue weighted by Crippen LogP contribution is -2.09. The first-order valence-electron chi connectivity index (χ1n) is 6.32. The zero-order valence-corrected chi connectivity index (χ0v) is 11.8. The molecule has 2 N–H and O–H groups in total. The number of halogens is 1. The third kappa shape index (κ3) is 3.82. The molecule has 100 valence electrons. The summed E-state index contributed by atoms with van der Waals surface area (Å²) in [6.07, 6.45) is 0. The van der Waals surface area contributed by atoms with Crippen molar-refractivity contribution in [3.8, 4) is 0 Å². The van der Waals surface area contributed by atoms with E-state index in [-0.39, 0.29) is 11.1 Å². The molecule has 2 aromatic carbocycles. The van der Waals surface area contributed by atoms with Crippen LogP contribution in [0.3, 0.4) is 0 Å². The maximum atomic E-state index is 12.9. The topological polar surface area (TPSA) is 26.0 Å². The van der Waals surface area contributed by atoms with Crippen molar-refractivity contribution in [2.45, 2.75) is 17.9 Å². The van der Waals surface area contributed by atoms with E-state index in [0.29, 0.717) is 6.54 Å². The van der Waals surface area contributed by atoms with Gasteiger partial charge in [-0.2, -0.15) is 0 Å². The van der Waals surface area contributed by atoms with Gasteiger partial charge >= 0.3 is 0 Å². The van der Waals surface area contributed by atoms with Gasteiger partial charge in [-0.05, 0) is 35.7 Å². The Morgan fingerprint density at radius 2 is 1.79 bits per heavy atom. The predicted molar refractivity (Wildman–Crippen MR) is 80.7 cm³/mol. The van der Waals surface area contributed by atoms with Crippen LogP contribution in [0.4, 0.5) is 4.39 Å². The molecule has 1 nitrogen and oxygen atoms in total. The smallest absolute Gasteiger partial charge is 0.123 e. The van der Waals surface area contributed by atoms with Crippen LogP contribution in [0, 0.1) is 12.7 Å². The van der Waals surface area contributed by atoms with Crippen molar-refractivity contribution in [3.63, 3.8) is 0 Å². The molecule has 19 heavy (non-hydrogen) atoms. The average molecular weight is 275 g/mol. The molecule has 0 bridgehead atoms. The lowest BCUT2D eigenvalue weighted by Gasteiger charge is -2.15. The minimum absolute atomic E-state index is 0.205. The lowest BCUT2D eigenvalue weighted by atomic mass is 10.1. The van der Waals surface area contributed by atoms with Crippen LogP contribution in [0.25, 0.3) is 0 Å². The minimum Gasteiger partial charge on any atom is -0.329 e. The molecular formula is C16H18FNS. The maximum Gasteiger partial charge on any atom is 0.123 e. The number of benzene rings is 2. The van der Waals surface area contributed by atoms with Gasteiger partial charge in [-0.25, -0.2) is 4.39 Å². The quantitative estimate of drug-likeness (QED) is 0.890. The van der Waals surface area contributed by atoms with Gasteiger partial charge in [-0.3, -0.25) is 0 Å². The fraction of sp³-hybridized carbons (Fsp3) is 0.250. The summed E-state index contributed by atoms with van der Waals surface area (Å²) in [6.45, 7) is 2.67. The Morgan fingerprint density at radius 3 is 2.42 bits per heavy atom. The molecule has 0 amide bonds. The van der Waals surface area contributed by atoms with E-state index < -0.39 is 0 Å². The molecule has 1 unspecified atom stereocenters. The Hall–Kier alpha value is -1.32. The number of nitrogens with two attached hydrogens (primary N) is 1. The molecule has 0 aliphatic rings. The summed E-state index contributed by atoms with van der Waals surface area (Å²) in [5.41, 5.74) is 9.54. The summed E-state index contributed by atoms with van der Waals surface area (Å²) in [5.74, 6) is 0.717.